The minimum atomic E-state index is 0.773. The molecule has 0 saturated carbocycles. The predicted octanol–water partition coefficient (Wildman–Crippen LogP) is 3.61. The lowest BCUT2D eigenvalue weighted by Crippen LogP contribution is -2.33. The fourth-order valence-corrected chi connectivity index (χ4v) is 2.07. The standard InChI is InChI=1S/C17H22N/c1-3-15(2)13-16-9-11-18(12-10-16)14-17-7-5-4-6-8-17/h4-12,15H,3,13-14H2,1-2H3/q+1. The van der Waals surface area contributed by atoms with Crippen molar-refractivity contribution in [3.05, 3.63) is 66.0 Å². The van der Waals surface area contributed by atoms with Gasteiger partial charge in [-0.2, -0.15) is 0 Å². The van der Waals surface area contributed by atoms with E-state index in [0.29, 0.717) is 0 Å². The quantitative estimate of drug-likeness (QED) is 0.703. The van der Waals surface area contributed by atoms with Gasteiger partial charge in [0.05, 0.1) is 0 Å². The summed E-state index contributed by atoms with van der Waals surface area (Å²) in [5, 5.41) is 0. The van der Waals surface area contributed by atoms with Crippen LogP contribution in [0.2, 0.25) is 0 Å². The van der Waals surface area contributed by atoms with Crippen LogP contribution >= 0.6 is 0 Å². The molecule has 1 aromatic carbocycles. The van der Waals surface area contributed by atoms with Gasteiger partial charge in [-0.15, -0.1) is 0 Å². The Morgan fingerprint density at radius 3 is 2.22 bits per heavy atom. The highest BCUT2D eigenvalue weighted by molar-refractivity contribution is 5.13. The summed E-state index contributed by atoms with van der Waals surface area (Å²) in [5.41, 5.74) is 2.78. The highest BCUT2D eigenvalue weighted by Crippen LogP contribution is 2.09. The van der Waals surface area contributed by atoms with E-state index in [1.54, 1.807) is 0 Å². The Bertz CT molecular complexity index is 459. The van der Waals surface area contributed by atoms with E-state index in [-0.39, 0.29) is 0 Å². The van der Waals surface area contributed by atoms with Crippen molar-refractivity contribution >= 4 is 0 Å². The summed E-state index contributed by atoms with van der Waals surface area (Å²) < 4.78 is 2.23. The van der Waals surface area contributed by atoms with Crippen molar-refractivity contribution < 1.29 is 4.57 Å². The lowest BCUT2D eigenvalue weighted by molar-refractivity contribution is -0.688. The molecule has 2 aromatic rings. The van der Waals surface area contributed by atoms with Crippen LogP contribution in [0.1, 0.15) is 31.4 Å². The molecule has 0 radical (unpaired) electrons. The van der Waals surface area contributed by atoms with Crippen LogP contribution in [-0.2, 0) is 13.0 Å². The SMILES string of the molecule is CCC(C)Cc1cc[n+](Cc2ccccc2)cc1. The van der Waals surface area contributed by atoms with E-state index in [1.165, 1.54) is 24.0 Å². The molecule has 18 heavy (non-hydrogen) atoms. The smallest absolute Gasteiger partial charge is 0.173 e. The second-order valence-corrected chi connectivity index (χ2v) is 5.08. The Labute approximate surface area is 110 Å². The molecule has 1 heterocycles. The van der Waals surface area contributed by atoms with Gasteiger partial charge in [0.2, 0.25) is 0 Å². The zero-order valence-corrected chi connectivity index (χ0v) is 11.3. The molecule has 1 aromatic heterocycles. The molecule has 0 bridgehead atoms. The highest BCUT2D eigenvalue weighted by atomic mass is 14.9. The highest BCUT2D eigenvalue weighted by Gasteiger charge is 2.05. The van der Waals surface area contributed by atoms with Crippen LogP contribution in [0.4, 0.5) is 0 Å². The van der Waals surface area contributed by atoms with Gasteiger partial charge in [-0.1, -0.05) is 50.6 Å². The van der Waals surface area contributed by atoms with E-state index >= 15 is 0 Å². The van der Waals surface area contributed by atoms with Crippen molar-refractivity contribution in [2.24, 2.45) is 5.92 Å². The van der Waals surface area contributed by atoms with E-state index in [9.17, 15) is 0 Å². The second-order valence-electron chi connectivity index (χ2n) is 5.08. The van der Waals surface area contributed by atoms with E-state index in [4.69, 9.17) is 0 Å². The molecular weight excluding hydrogens is 218 g/mol. The van der Waals surface area contributed by atoms with Crippen molar-refractivity contribution in [3.8, 4) is 0 Å². The van der Waals surface area contributed by atoms with Crippen LogP contribution in [-0.4, -0.2) is 0 Å². The van der Waals surface area contributed by atoms with Crippen LogP contribution in [0.3, 0.4) is 0 Å². The third-order valence-electron chi connectivity index (χ3n) is 3.45. The Hall–Kier alpha value is -1.63. The lowest BCUT2D eigenvalue weighted by Gasteiger charge is -2.07. The molecule has 0 fully saturated rings. The fourth-order valence-electron chi connectivity index (χ4n) is 2.07. The molecule has 0 aliphatic heterocycles. The van der Waals surface area contributed by atoms with Crippen LogP contribution in [0, 0.1) is 5.92 Å². The number of nitrogens with zero attached hydrogens (tertiary/aromatic N) is 1. The summed E-state index contributed by atoms with van der Waals surface area (Å²) >= 11 is 0. The Kier molecular flexibility index (Phi) is 4.52. The number of benzene rings is 1. The third kappa shape index (κ3) is 3.69. The molecule has 0 saturated heterocycles. The van der Waals surface area contributed by atoms with Crippen LogP contribution in [0.5, 0.6) is 0 Å². The van der Waals surface area contributed by atoms with Gasteiger partial charge in [-0.25, -0.2) is 4.57 Å². The number of pyridine rings is 1. The fraction of sp³-hybridized carbons (Fsp3) is 0.353. The summed E-state index contributed by atoms with van der Waals surface area (Å²) in [4.78, 5) is 0. The van der Waals surface area contributed by atoms with Gasteiger partial charge < -0.3 is 0 Å². The molecule has 0 aliphatic carbocycles. The monoisotopic (exact) mass is 240 g/mol. The molecule has 0 spiro atoms. The molecule has 1 nitrogen and oxygen atoms in total. The summed E-state index contributed by atoms with van der Waals surface area (Å²) in [6.07, 6.45) is 6.80. The minimum Gasteiger partial charge on any atom is -0.201 e. The maximum absolute atomic E-state index is 2.31. The molecule has 0 N–H and O–H groups in total. The van der Waals surface area contributed by atoms with Gasteiger partial charge in [0.25, 0.3) is 0 Å². The van der Waals surface area contributed by atoms with Crippen molar-refractivity contribution in [2.75, 3.05) is 0 Å². The van der Waals surface area contributed by atoms with Gasteiger partial charge in [-0.3, -0.25) is 0 Å². The van der Waals surface area contributed by atoms with Gasteiger partial charge in [0, 0.05) is 17.7 Å². The van der Waals surface area contributed by atoms with Crippen LogP contribution < -0.4 is 4.57 Å². The number of rotatable bonds is 5. The first-order valence-electron chi connectivity index (χ1n) is 6.80. The molecule has 1 unspecified atom stereocenters. The molecule has 2 rings (SSSR count). The van der Waals surface area contributed by atoms with Gasteiger partial charge in [0.15, 0.2) is 18.9 Å². The second kappa shape index (κ2) is 6.34. The zero-order valence-electron chi connectivity index (χ0n) is 11.3. The first kappa shape index (κ1) is 12.8. The average molecular weight is 240 g/mol. The molecule has 0 amide bonds. The largest absolute Gasteiger partial charge is 0.201 e. The first-order chi connectivity index (χ1) is 8.78. The van der Waals surface area contributed by atoms with Crippen molar-refractivity contribution in [1.82, 2.24) is 0 Å². The Morgan fingerprint density at radius 2 is 1.61 bits per heavy atom. The average Bonchev–Trinajstić information content (AvgIpc) is 2.42. The Morgan fingerprint density at radius 1 is 0.944 bits per heavy atom. The van der Waals surface area contributed by atoms with E-state index in [2.05, 4.69) is 73.3 Å². The van der Waals surface area contributed by atoms with Crippen LogP contribution in [0.25, 0.3) is 0 Å². The molecule has 94 valence electrons. The maximum Gasteiger partial charge on any atom is 0.173 e. The van der Waals surface area contributed by atoms with E-state index in [0.717, 1.165) is 12.5 Å². The van der Waals surface area contributed by atoms with Gasteiger partial charge >= 0.3 is 0 Å². The normalized spacial score (nSPS) is 12.3. The van der Waals surface area contributed by atoms with Crippen molar-refractivity contribution in [2.45, 2.75) is 33.2 Å². The van der Waals surface area contributed by atoms with E-state index < -0.39 is 0 Å². The topological polar surface area (TPSA) is 3.88 Å². The van der Waals surface area contributed by atoms with Gasteiger partial charge in [0.1, 0.15) is 0 Å². The van der Waals surface area contributed by atoms with Crippen molar-refractivity contribution in [3.63, 3.8) is 0 Å². The van der Waals surface area contributed by atoms with E-state index in [1.807, 2.05) is 0 Å². The lowest BCUT2D eigenvalue weighted by atomic mass is 10.00. The summed E-state index contributed by atoms with van der Waals surface area (Å²) in [6.45, 7) is 5.51. The molecule has 0 aliphatic rings. The molecular formula is C17H22N+. The van der Waals surface area contributed by atoms with Gasteiger partial charge in [-0.05, 0) is 17.9 Å². The summed E-state index contributed by atoms with van der Waals surface area (Å²) in [6, 6.07) is 15.1. The van der Waals surface area contributed by atoms with Crippen LogP contribution in [0.15, 0.2) is 54.9 Å². The molecule has 1 heteroatoms. The minimum absolute atomic E-state index is 0.773. The third-order valence-corrected chi connectivity index (χ3v) is 3.45. The number of hydrogen-bond acceptors (Lipinski definition) is 0. The van der Waals surface area contributed by atoms with Crippen molar-refractivity contribution in [1.29, 1.82) is 0 Å². The zero-order chi connectivity index (χ0) is 12.8. The maximum atomic E-state index is 2.31. The Balaban J connectivity index is 2.00. The molecule has 1 atom stereocenters. The first-order valence-corrected chi connectivity index (χ1v) is 6.80. The summed E-state index contributed by atoms with van der Waals surface area (Å²) in [5.74, 6) is 0.773. The summed E-state index contributed by atoms with van der Waals surface area (Å²) in [7, 11) is 0. The predicted molar refractivity (Wildman–Crippen MR) is 75.3 cm³/mol. The number of hydrogen-bond donors (Lipinski definition) is 0. The number of aromatic nitrogens is 1.